The fourth-order valence-electron chi connectivity index (χ4n) is 5.39. The number of carbonyl (C=O) groups excluding carboxylic acids is 1. The number of benzene rings is 3. The van der Waals surface area contributed by atoms with Crippen LogP contribution in [0.4, 0.5) is 0 Å². The molecule has 0 aromatic heterocycles. The van der Waals surface area contributed by atoms with Crippen molar-refractivity contribution in [1.29, 1.82) is 0 Å². The van der Waals surface area contributed by atoms with Crippen molar-refractivity contribution in [2.45, 2.75) is 34.1 Å². The van der Waals surface area contributed by atoms with Crippen molar-refractivity contribution >= 4 is 29.0 Å². The van der Waals surface area contributed by atoms with Crippen molar-refractivity contribution in [2.24, 2.45) is 11.3 Å². The van der Waals surface area contributed by atoms with Gasteiger partial charge in [-0.05, 0) is 67.8 Å². The van der Waals surface area contributed by atoms with Crippen LogP contribution in [-0.2, 0) is 4.79 Å². The largest absolute Gasteiger partial charge is 1.00 e. The van der Waals surface area contributed by atoms with Crippen LogP contribution in [0.15, 0.2) is 126 Å². The van der Waals surface area contributed by atoms with Crippen LogP contribution in [-0.4, -0.2) is 11.9 Å². The molecule has 0 aliphatic heterocycles. The molecule has 0 saturated carbocycles. The molecule has 1 nitrogen and oxygen atoms in total. The molecule has 1 aliphatic rings. The second-order valence-corrected chi connectivity index (χ2v) is 13.8. The molecule has 186 valence electrons. The lowest BCUT2D eigenvalue weighted by molar-refractivity contribution is -0.117. The van der Waals surface area contributed by atoms with E-state index in [1.165, 1.54) is 21.5 Å². The molecule has 0 bridgehead atoms. The Balaban J connectivity index is 0.00000361. The minimum absolute atomic E-state index is 0. The predicted octanol–water partition coefficient (Wildman–Crippen LogP) is 4.05. The first-order chi connectivity index (χ1) is 16.8. The Morgan fingerprint density at radius 2 is 1.31 bits per heavy atom. The number of carbonyl (C=O) groups is 1. The molecular weight excluding hydrogens is 479 g/mol. The quantitative estimate of drug-likeness (QED) is 0.343. The van der Waals surface area contributed by atoms with E-state index in [9.17, 15) is 4.79 Å². The zero-order valence-corrected chi connectivity index (χ0v) is 23.3. The van der Waals surface area contributed by atoms with E-state index in [0.29, 0.717) is 6.42 Å². The average Bonchev–Trinajstić information content (AvgIpc) is 2.85. The molecule has 3 heteroatoms. The van der Waals surface area contributed by atoms with Crippen molar-refractivity contribution in [3.63, 3.8) is 0 Å². The van der Waals surface area contributed by atoms with Crippen molar-refractivity contribution in [2.75, 3.05) is 6.16 Å². The molecule has 0 saturated heterocycles. The Bertz CT molecular complexity index is 1140. The van der Waals surface area contributed by atoms with Gasteiger partial charge in [0.05, 0.1) is 6.16 Å². The van der Waals surface area contributed by atoms with E-state index >= 15 is 0 Å². The molecule has 0 amide bonds. The van der Waals surface area contributed by atoms with E-state index in [2.05, 4.69) is 137 Å². The predicted molar refractivity (Wildman–Crippen MR) is 154 cm³/mol. The summed E-state index contributed by atoms with van der Waals surface area (Å²) in [5.41, 5.74) is 2.37. The summed E-state index contributed by atoms with van der Waals surface area (Å²) in [6.45, 7) is 8.69. The van der Waals surface area contributed by atoms with Gasteiger partial charge in [0.15, 0.2) is 5.78 Å². The standard InChI is InChI=1S/C33H36OP.ClH/c1-26(20-21-32-27(2)24-28(34)25-33(32,3)4)22-23-35(29-14-8-5-9-15-29,30-16-10-6-11-17-30)31-18-12-7-13-19-31;/h5-22,24,32H,23,25H2,1-4H3;1H/q+1;/p-1/b21-20+,26-22+;. The highest BCUT2D eigenvalue weighted by molar-refractivity contribution is 7.95. The zero-order valence-electron chi connectivity index (χ0n) is 21.7. The fourth-order valence-corrected chi connectivity index (χ4v) is 9.52. The summed E-state index contributed by atoms with van der Waals surface area (Å²) < 4.78 is 0. The molecule has 1 aliphatic carbocycles. The maximum Gasteiger partial charge on any atom is 0.156 e. The molecular formula is C33H36ClOP. The minimum Gasteiger partial charge on any atom is -1.00 e. The van der Waals surface area contributed by atoms with Gasteiger partial charge >= 0.3 is 0 Å². The summed E-state index contributed by atoms with van der Waals surface area (Å²) in [6, 6.07) is 33.0. The average molecular weight is 515 g/mol. The van der Waals surface area contributed by atoms with Gasteiger partial charge in [0.25, 0.3) is 0 Å². The van der Waals surface area contributed by atoms with Gasteiger partial charge in [-0.15, -0.1) is 0 Å². The van der Waals surface area contributed by atoms with Crippen LogP contribution >= 0.6 is 7.26 Å². The van der Waals surface area contributed by atoms with Gasteiger partial charge < -0.3 is 12.4 Å². The van der Waals surface area contributed by atoms with Gasteiger partial charge in [0.1, 0.15) is 23.2 Å². The van der Waals surface area contributed by atoms with E-state index in [-0.39, 0.29) is 29.5 Å². The van der Waals surface area contributed by atoms with Crippen LogP contribution in [0.3, 0.4) is 0 Å². The molecule has 0 fully saturated rings. The first-order valence-electron chi connectivity index (χ1n) is 12.4. The lowest BCUT2D eigenvalue weighted by atomic mass is 9.68. The number of rotatable bonds is 7. The maximum atomic E-state index is 12.1. The third-order valence-electron chi connectivity index (χ3n) is 7.18. The Labute approximate surface area is 223 Å². The highest BCUT2D eigenvalue weighted by Gasteiger charge is 2.44. The third kappa shape index (κ3) is 5.97. The Morgan fingerprint density at radius 3 is 1.72 bits per heavy atom. The minimum atomic E-state index is -1.88. The lowest BCUT2D eigenvalue weighted by Gasteiger charge is -2.35. The van der Waals surface area contributed by atoms with E-state index in [0.717, 1.165) is 11.7 Å². The highest BCUT2D eigenvalue weighted by Crippen LogP contribution is 2.55. The molecule has 0 radical (unpaired) electrons. The molecule has 0 spiro atoms. The van der Waals surface area contributed by atoms with E-state index < -0.39 is 7.26 Å². The number of halogens is 1. The summed E-state index contributed by atoms with van der Waals surface area (Å²) in [4.78, 5) is 12.1. The van der Waals surface area contributed by atoms with E-state index in [1.807, 2.05) is 6.08 Å². The van der Waals surface area contributed by atoms with Crippen LogP contribution in [0.1, 0.15) is 34.1 Å². The Kier molecular flexibility index (Phi) is 9.29. The normalized spacial score (nSPS) is 18.0. The first-order valence-corrected chi connectivity index (χ1v) is 14.4. The smallest absolute Gasteiger partial charge is 0.156 e. The third-order valence-corrected chi connectivity index (χ3v) is 11.4. The summed E-state index contributed by atoms with van der Waals surface area (Å²) >= 11 is 0. The lowest BCUT2D eigenvalue weighted by Crippen LogP contribution is -3.00. The second kappa shape index (κ2) is 12.0. The molecule has 4 rings (SSSR count). The number of hydrogen-bond donors (Lipinski definition) is 0. The molecule has 0 N–H and O–H groups in total. The summed E-state index contributed by atoms with van der Waals surface area (Å²) in [7, 11) is -1.88. The van der Waals surface area contributed by atoms with Gasteiger partial charge in [-0.3, -0.25) is 4.79 Å². The first kappa shape index (κ1) is 27.9. The fraction of sp³-hybridized carbons (Fsp3) is 0.242. The maximum absolute atomic E-state index is 12.1. The van der Waals surface area contributed by atoms with Crippen molar-refractivity contribution in [1.82, 2.24) is 0 Å². The topological polar surface area (TPSA) is 17.1 Å². The van der Waals surface area contributed by atoms with Gasteiger partial charge in [0.2, 0.25) is 0 Å². The summed E-state index contributed by atoms with van der Waals surface area (Å²) in [6.07, 6.45) is 10.4. The Morgan fingerprint density at radius 1 is 0.861 bits per heavy atom. The Hall–Kier alpha value is -2.73. The van der Waals surface area contributed by atoms with Crippen LogP contribution in [0, 0.1) is 11.3 Å². The molecule has 1 unspecified atom stereocenters. The molecule has 36 heavy (non-hydrogen) atoms. The number of allylic oxidation sites excluding steroid dienone is 6. The van der Waals surface area contributed by atoms with Crippen molar-refractivity contribution in [3.8, 4) is 0 Å². The van der Waals surface area contributed by atoms with Crippen LogP contribution in [0.25, 0.3) is 0 Å². The van der Waals surface area contributed by atoms with Gasteiger partial charge in [-0.25, -0.2) is 0 Å². The number of ketones is 1. The molecule has 3 aromatic rings. The molecule has 0 heterocycles. The highest BCUT2D eigenvalue weighted by atomic mass is 35.5. The van der Waals surface area contributed by atoms with Crippen molar-refractivity contribution in [3.05, 3.63) is 126 Å². The SMILES string of the molecule is CC1=CC(=O)CC(C)(C)C1/C=C/C(C)=C/C[P+](c1ccccc1)(c1ccccc1)c1ccccc1.[Cl-]. The zero-order chi connectivity index (χ0) is 24.9. The van der Waals surface area contributed by atoms with Gasteiger partial charge in [-0.2, -0.15) is 0 Å². The molecule has 1 atom stereocenters. The van der Waals surface area contributed by atoms with E-state index in [4.69, 9.17) is 0 Å². The second-order valence-electron chi connectivity index (χ2n) is 10.3. The van der Waals surface area contributed by atoms with E-state index in [1.54, 1.807) is 0 Å². The summed E-state index contributed by atoms with van der Waals surface area (Å²) in [5.74, 6) is 0.521. The van der Waals surface area contributed by atoms with Gasteiger partial charge in [0, 0.05) is 12.3 Å². The van der Waals surface area contributed by atoms with Gasteiger partial charge in [-0.1, -0.05) is 91.7 Å². The summed E-state index contributed by atoms with van der Waals surface area (Å²) in [5, 5.41) is 4.20. The molecule has 3 aromatic carbocycles. The van der Waals surface area contributed by atoms with Crippen molar-refractivity contribution < 1.29 is 17.2 Å². The van der Waals surface area contributed by atoms with Crippen LogP contribution < -0.4 is 28.3 Å². The monoisotopic (exact) mass is 514 g/mol. The van der Waals surface area contributed by atoms with Crippen LogP contribution in [0.2, 0.25) is 0 Å². The number of hydrogen-bond acceptors (Lipinski definition) is 1. The van der Waals surface area contributed by atoms with Crippen LogP contribution in [0.5, 0.6) is 0 Å².